The Morgan fingerprint density at radius 3 is 2.55 bits per heavy atom. The molecule has 1 unspecified atom stereocenters. The van der Waals surface area contributed by atoms with Crippen LogP contribution in [0.2, 0.25) is 0 Å². The zero-order chi connectivity index (χ0) is 15.3. The van der Waals surface area contributed by atoms with Crippen LogP contribution in [0.4, 0.5) is 0 Å². The summed E-state index contributed by atoms with van der Waals surface area (Å²) in [6.07, 6.45) is 0.691. The van der Waals surface area contributed by atoms with Gasteiger partial charge in [0.25, 0.3) is 5.91 Å². The van der Waals surface area contributed by atoms with E-state index in [1.807, 2.05) is 13.8 Å². The number of nitrogens with zero attached hydrogens (tertiary/aromatic N) is 1. The maximum atomic E-state index is 12.4. The fourth-order valence-corrected chi connectivity index (χ4v) is 2.30. The van der Waals surface area contributed by atoms with Crippen LogP contribution in [0.5, 0.6) is 5.75 Å². The molecule has 1 N–H and O–H groups in total. The highest BCUT2D eigenvalue weighted by Gasteiger charge is 2.23. The molecule has 0 fully saturated rings. The number of halogens is 1. The molecule has 0 aliphatic heterocycles. The van der Waals surface area contributed by atoms with Crippen LogP contribution in [-0.2, 0) is 4.79 Å². The van der Waals surface area contributed by atoms with Crippen LogP contribution in [-0.4, -0.2) is 41.6 Å². The summed E-state index contributed by atoms with van der Waals surface area (Å²) in [6.45, 7) is 3.44. The number of hydrogen-bond acceptors (Lipinski definition) is 3. The van der Waals surface area contributed by atoms with Gasteiger partial charge in [-0.25, -0.2) is 0 Å². The number of hydrogen-bond donors (Lipinski definition) is 1. The third-order valence-corrected chi connectivity index (χ3v) is 3.71. The maximum Gasteiger partial charge on any atom is 0.323 e. The van der Waals surface area contributed by atoms with Gasteiger partial charge in [-0.15, -0.1) is 0 Å². The van der Waals surface area contributed by atoms with Gasteiger partial charge in [0.2, 0.25) is 0 Å². The Bertz CT molecular complexity index is 504. The summed E-state index contributed by atoms with van der Waals surface area (Å²) < 4.78 is 5.77. The summed E-state index contributed by atoms with van der Waals surface area (Å²) >= 11 is 3.32. The van der Waals surface area contributed by atoms with Gasteiger partial charge in [0.1, 0.15) is 12.3 Å². The fraction of sp³-hybridized carbons (Fsp3) is 0.429. The van der Waals surface area contributed by atoms with Gasteiger partial charge in [0.05, 0.1) is 11.6 Å². The van der Waals surface area contributed by atoms with Crippen LogP contribution in [0, 0.1) is 0 Å². The van der Waals surface area contributed by atoms with Crippen LogP contribution in [0.15, 0.2) is 22.7 Å². The van der Waals surface area contributed by atoms with Crippen molar-refractivity contribution in [3.8, 4) is 5.75 Å². The van der Waals surface area contributed by atoms with Gasteiger partial charge >= 0.3 is 5.97 Å². The van der Waals surface area contributed by atoms with E-state index in [4.69, 9.17) is 9.84 Å². The van der Waals surface area contributed by atoms with E-state index >= 15 is 0 Å². The lowest BCUT2D eigenvalue weighted by Gasteiger charge is -2.27. The number of aliphatic carboxylic acids is 1. The van der Waals surface area contributed by atoms with Gasteiger partial charge < -0.3 is 14.7 Å². The lowest BCUT2D eigenvalue weighted by atomic mass is 10.1. The molecule has 0 aliphatic carbocycles. The average Bonchev–Trinajstić information content (AvgIpc) is 2.42. The van der Waals surface area contributed by atoms with Crippen molar-refractivity contribution in [3.63, 3.8) is 0 Å². The van der Waals surface area contributed by atoms with Gasteiger partial charge in [-0.2, -0.15) is 0 Å². The molecule has 0 saturated heterocycles. The number of rotatable bonds is 6. The minimum Gasteiger partial charge on any atom is -0.496 e. The van der Waals surface area contributed by atoms with E-state index in [9.17, 15) is 9.59 Å². The van der Waals surface area contributed by atoms with Crippen molar-refractivity contribution < 1.29 is 19.4 Å². The molecule has 0 aromatic heterocycles. The highest BCUT2D eigenvalue weighted by atomic mass is 79.9. The molecular formula is C14H18BrNO4. The number of carboxylic acid groups (broad SMARTS) is 1. The Morgan fingerprint density at radius 2 is 2.10 bits per heavy atom. The third kappa shape index (κ3) is 3.96. The van der Waals surface area contributed by atoms with Crippen LogP contribution in [0.1, 0.15) is 30.6 Å². The molecule has 0 heterocycles. The van der Waals surface area contributed by atoms with Crippen molar-refractivity contribution in [2.45, 2.75) is 26.3 Å². The number of carbonyl (C=O) groups excluding carboxylic acids is 1. The maximum absolute atomic E-state index is 12.4. The number of carbonyl (C=O) groups is 2. The minimum atomic E-state index is -1.02. The molecule has 5 nitrogen and oxygen atoms in total. The summed E-state index contributed by atoms with van der Waals surface area (Å²) in [6, 6.07) is 4.80. The van der Waals surface area contributed by atoms with Crippen molar-refractivity contribution in [2.24, 2.45) is 0 Å². The number of methoxy groups -OCH3 is 1. The molecular weight excluding hydrogens is 326 g/mol. The second-order valence-corrected chi connectivity index (χ2v) is 5.29. The number of carboxylic acids is 1. The second-order valence-electron chi connectivity index (χ2n) is 4.43. The number of ether oxygens (including phenoxy) is 1. The topological polar surface area (TPSA) is 66.8 Å². The Balaban J connectivity index is 3.05. The van der Waals surface area contributed by atoms with E-state index in [0.717, 1.165) is 0 Å². The monoisotopic (exact) mass is 343 g/mol. The van der Waals surface area contributed by atoms with Crippen molar-refractivity contribution in [1.29, 1.82) is 0 Å². The summed E-state index contributed by atoms with van der Waals surface area (Å²) in [4.78, 5) is 24.7. The predicted octanol–water partition coefficient (Wildman–Crippen LogP) is 2.78. The van der Waals surface area contributed by atoms with E-state index in [0.29, 0.717) is 22.2 Å². The summed E-state index contributed by atoms with van der Waals surface area (Å²) in [5.74, 6) is -0.703. The Kier molecular flexibility index (Phi) is 6.01. The van der Waals surface area contributed by atoms with Gasteiger partial charge in [-0.3, -0.25) is 9.59 Å². The molecule has 0 spiro atoms. The van der Waals surface area contributed by atoms with Crippen LogP contribution < -0.4 is 4.74 Å². The van der Waals surface area contributed by atoms with Gasteiger partial charge in [0.15, 0.2) is 0 Å². The first-order chi connectivity index (χ1) is 9.40. The fourth-order valence-electron chi connectivity index (χ4n) is 1.76. The van der Waals surface area contributed by atoms with Gasteiger partial charge in [0, 0.05) is 11.6 Å². The molecule has 6 heteroatoms. The van der Waals surface area contributed by atoms with Crippen molar-refractivity contribution in [1.82, 2.24) is 4.90 Å². The molecule has 0 saturated carbocycles. The highest BCUT2D eigenvalue weighted by Crippen LogP contribution is 2.26. The first kappa shape index (κ1) is 16.5. The van der Waals surface area contributed by atoms with Crippen LogP contribution in [0.3, 0.4) is 0 Å². The molecule has 1 aromatic rings. The largest absolute Gasteiger partial charge is 0.496 e. The normalized spacial score (nSPS) is 11.8. The molecule has 110 valence electrons. The Labute approximate surface area is 126 Å². The van der Waals surface area contributed by atoms with E-state index < -0.39 is 5.97 Å². The second kappa shape index (κ2) is 7.28. The molecule has 1 aromatic carbocycles. The van der Waals surface area contributed by atoms with E-state index in [-0.39, 0.29) is 18.5 Å². The molecule has 1 atom stereocenters. The molecule has 1 amide bonds. The smallest absolute Gasteiger partial charge is 0.323 e. The Morgan fingerprint density at radius 1 is 1.45 bits per heavy atom. The molecule has 0 radical (unpaired) electrons. The quantitative estimate of drug-likeness (QED) is 0.862. The highest BCUT2D eigenvalue weighted by molar-refractivity contribution is 9.10. The van der Waals surface area contributed by atoms with Crippen molar-refractivity contribution >= 4 is 27.8 Å². The summed E-state index contributed by atoms with van der Waals surface area (Å²) in [5.41, 5.74) is 0.430. The lowest BCUT2D eigenvalue weighted by Crippen LogP contribution is -2.41. The van der Waals surface area contributed by atoms with E-state index in [1.165, 1.54) is 12.0 Å². The first-order valence-corrected chi connectivity index (χ1v) is 7.06. The average molecular weight is 344 g/mol. The standard InChI is InChI=1S/C14H18BrNO4/c1-4-9(2)16(8-13(17)18)14(19)10-5-6-12(20-3)11(15)7-10/h5-7,9H,4,8H2,1-3H3,(H,17,18). The first-order valence-electron chi connectivity index (χ1n) is 6.27. The van der Waals surface area contributed by atoms with Crippen molar-refractivity contribution in [2.75, 3.05) is 13.7 Å². The zero-order valence-corrected chi connectivity index (χ0v) is 13.3. The summed E-state index contributed by atoms with van der Waals surface area (Å²) in [5, 5.41) is 8.94. The number of amides is 1. The van der Waals surface area contributed by atoms with Crippen molar-refractivity contribution in [3.05, 3.63) is 28.2 Å². The minimum absolute atomic E-state index is 0.139. The summed E-state index contributed by atoms with van der Waals surface area (Å²) in [7, 11) is 1.54. The molecule has 1 rings (SSSR count). The predicted molar refractivity (Wildman–Crippen MR) is 79.1 cm³/mol. The molecule has 0 aliphatic rings. The van der Waals surface area contributed by atoms with E-state index in [2.05, 4.69) is 15.9 Å². The van der Waals surface area contributed by atoms with E-state index in [1.54, 1.807) is 18.2 Å². The molecule has 0 bridgehead atoms. The van der Waals surface area contributed by atoms with Gasteiger partial charge in [-0.1, -0.05) is 6.92 Å². The SMILES string of the molecule is CCC(C)N(CC(=O)O)C(=O)c1ccc(OC)c(Br)c1. The third-order valence-electron chi connectivity index (χ3n) is 3.09. The van der Waals surface area contributed by atoms with Crippen LogP contribution in [0.25, 0.3) is 0 Å². The molecule has 20 heavy (non-hydrogen) atoms. The Hall–Kier alpha value is -1.56. The lowest BCUT2D eigenvalue weighted by molar-refractivity contribution is -0.138. The number of benzene rings is 1. The van der Waals surface area contributed by atoms with Gasteiger partial charge in [-0.05, 0) is 47.5 Å². The zero-order valence-electron chi connectivity index (χ0n) is 11.7. The van der Waals surface area contributed by atoms with Crippen LogP contribution >= 0.6 is 15.9 Å².